The number of carbonyl (C=O) groups excluding carboxylic acids is 2. The number of piperidine rings is 1. The van der Waals surface area contributed by atoms with Gasteiger partial charge in [0.15, 0.2) is 0 Å². The van der Waals surface area contributed by atoms with E-state index in [4.69, 9.17) is 0 Å². The number of aromatic nitrogens is 1. The normalized spacial score (nSPS) is 19.4. The van der Waals surface area contributed by atoms with E-state index in [0.717, 1.165) is 45.4 Å². The Hall–Kier alpha value is -2.15. The third-order valence-electron chi connectivity index (χ3n) is 5.90. The van der Waals surface area contributed by atoms with E-state index in [9.17, 15) is 14.7 Å². The van der Waals surface area contributed by atoms with Crippen LogP contribution < -0.4 is 5.32 Å². The molecule has 28 heavy (non-hydrogen) atoms. The molecule has 2 aliphatic rings. The van der Waals surface area contributed by atoms with E-state index in [2.05, 4.69) is 10.3 Å². The highest BCUT2D eigenvalue weighted by Crippen LogP contribution is 2.22. The summed E-state index contributed by atoms with van der Waals surface area (Å²) >= 11 is 0. The summed E-state index contributed by atoms with van der Waals surface area (Å²) in [4.78, 5) is 32.8. The highest BCUT2D eigenvalue weighted by molar-refractivity contribution is 5.94. The summed E-state index contributed by atoms with van der Waals surface area (Å²) in [7, 11) is 0. The predicted octanol–water partition coefficient (Wildman–Crippen LogP) is 1.98. The second-order valence-electron chi connectivity index (χ2n) is 8.29. The first kappa shape index (κ1) is 20.6. The number of nitrogens with one attached hydrogen (secondary N) is 1. The second-order valence-corrected chi connectivity index (χ2v) is 8.29. The molecule has 2 amide bonds. The number of carbonyl (C=O) groups is 2. The Morgan fingerprint density at radius 3 is 2.57 bits per heavy atom. The molecule has 2 N–H and O–H groups in total. The van der Waals surface area contributed by atoms with Crippen LogP contribution in [0.1, 0.15) is 49.9 Å². The quantitative estimate of drug-likeness (QED) is 0.746. The van der Waals surface area contributed by atoms with Gasteiger partial charge in [0.2, 0.25) is 5.91 Å². The van der Waals surface area contributed by atoms with Gasteiger partial charge in [-0.1, -0.05) is 13.8 Å². The van der Waals surface area contributed by atoms with E-state index >= 15 is 0 Å². The Kier molecular flexibility index (Phi) is 6.88. The largest absolute Gasteiger partial charge is 0.394 e. The highest BCUT2D eigenvalue weighted by atomic mass is 16.3. The van der Waals surface area contributed by atoms with Crippen molar-refractivity contribution in [1.82, 2.24) is 14.8 Å². The van der Waals surface area contributed by atoms with Crippen LogP contribution in [0.15, 0.2) is 18.3 Å². The number of rotatable bonds is 7. The Balaban J connectivity index is 1.50. The molecule has 2 fully saturated rings. The molecule has 0 unspecified atom stereocenters. The van der Waals surface area contributed by atoms with Crippen molar-refractivity contribution in [3.63, 3.8) is 0 Å². The van der Waals surface area contributed by atoms with Crippen LogP contribution in [-0.2, 0) is 4.79 Å². The maximum absolute atomic E-state index is 12.8. The Bertz CT molecular complexity index is 669. The molecule has 7 heteroatoms. The molecule has 3 heterocycles. The van der Waals surface area contributed by atoms with Gasteiger partial charge in [0, 0.05) is 38.8 Å². The van der Waals surface area contributed by atoms with Crippen molar-refractivity contribution in [3.8, 4) is 0 Å². The number of amides is 2. The van der Waals surface area contributed by atoms with E-state index < -0.39 is 0 Å². The van der Waals surface area contributed by atoms with Gasteiger partial charge in [-0.3, -0.25) is 9.59 Å². The summed E-state index contributed by atoms with van der Waals surface area (Å²) in [6.07, 6.45) is 5.15. The van der Waals surface area contributed by atoms with Gasteiger partial charge >= 0.3 is 0 Å². The Labute approximate surface area is 167 Å². The van der Waals surface area contributed by atoms with Crippen LogP contribution in [0.25, 0.3) is 0 Å². The van der Waals surface area contributed by atoms with Crippen LogP contribution >= 0.6 is 0 Å². The monoisotopic (exact) mass is 388 g/mol. The zero-order valence-corrected chi connectivity index (χ0v) is 16.9. The number of likely N-dealkylation sites (tertiary alicyclic amines) is 2. The molecule has 0 saturated carbocycles. The van der Waals surface area contributed by atoms with Gasteiger partial charge in [0.25, 0.3) is 5.91 Å². The highest BCUT2D eigenvalue weighted by Gasteiger charge is 2.28. The van der Waals surface area contributed by atoms with Gasteiger partial charge in [0.05, 0.1) is 18.2 Å². The van der Waals surface area contributed by atoms with Crippen LogP contribution in [0, 0.1) is 11.8 Å². The summed E-state index contributed by atoms with van der Waals surface area (Å²) in [5.74, 6) is 1.72. The summed E-state index contributed by atoms with van der Waals surface area (Å²) in [5, 5.41) is 12.6. The van der Waals surface area contributed by atoms with Crippen LogP contribution in [0.4, 0.5) is 5.82 Å². The molecule has 1 aromatic rings. The molecule has 0 aliphatic carbocycles. The molecule has 1 aromatic heterocycles. The lowest BCUT2D eigenvalue weighted by molar-refractivity contribution is -0.128. The van der Waals surface area contributed by atoms with Crippen LogP contribution in [-0.4, -0.2) is 70.5 Å². The molecule has 1 atom stereocenters. The van der Waals surface area contributed by atoms with Gasteiger partial charge in [0.1, 0.15) is 5.82 Å². The second kappa shape index (κ2) is 9.37. The average Bonchev–Trinajstić information content (AvgIpc) is 3.11. The zero-order valence-electron chi connectivity index (χ0n) is 16.9. The third-order valence-corrected chi connectivity index (χ3v) is 5.90. The molecule has 2 aliphatic heterocycles. The first-order chi connectivity index (χ1) is 13.5. The molecule has 0 bridgehead atoms. The minimum absolute atomic E-state index is 0.0114. The Morgan fingerprint density at radius 2 is 2.04 bits per heavy atom. The van der Waals surface area contributed by atoms with E-state index in [0.29, 0.717) is 23.7 Å². The van der Waals surface area contributed by atoms with Gasteiger partial charge in [-0.05, 0) is 43.2 Å². The number of anilines is 1. The maximum Gasteiger partial charge on any atom is 0.255 e. The van der Waals surface area contributed by atoms with Crippen LogP contribution in [0.3, 0.4) is 0 Å². The van der Waals surface area contributed by atoms with Gasteiger partial charge in [-0.25, -0.2) is 4.98 Å². The van der Waals surface area contributed by atoms with Crippen molar-refractivity contribution in [3.05, 3.63) is 23.9 Å². The molecule has 2 saturated heterocycles. The molecule has 0 radical (unpaired) electrons. The first-order valence-electron chi connectivity index (χ1n) is 10.4. The minimum Gasteiger partial charge on any atom is -0.394 e. The summed E-state index contributed by atoms with van der Waals surface area (Å²) in [6, 6.07) is 3.53. The molecule has 154 valence electrons. The van der Waals surface area contributed by atoms with E-state index in [1.54, 1.807) is 18.3 Å². The molecule has 0 aromatic carbocycles. The number of aliphatic hydroxyl groups excluding tert-OH is 1. The lowest BCUT2D eigenvalue weighted by Gasteiger charge is -2.34. The van der Waals surface area contributed by atoms with Crippen molar-refractivity contribution in [2.45, 2.75) is 45.6 Å². The fourth-order valence-corrected chi connectivity index (χ4v) is 3.93. The summed E-state index contributed by atoms with van der Waals surface area (Å²) in [6.45, 7) is 7.29. The average molecular weight is 389 g/mol. The van der Waals surface area contributed by atoms with E-state index in [-0.39, 0.29) is 30.4 Å². The molecule has 3 rings (SSSR count). The Morgan fingerprint density at radius 1 is 1.29 bits per heavy atom. The lowest BCUT2D eigenvalue weighted by Crippen LogP contribution is -2.41. The van der Waals surface area contributed by atoms with E-state index in [1.165, 1.54) is 0 Å². The van der Waals surface area contributed by atoms with Crippen LogP contribution in [0.5, 0.6) is 0 Å². The van der Waals surface area contributed by atoms with Crippen molar-refractivity contribution < 1.29 is 14.7 Å². The van der Waals surface area contributed by atoms with Crippen molar-refractivity contribution in [2.75, 3.05) is 38.1 Å². The van der Waals surface area contributed by atoms with Gasteiger partial charge < -0.3 is 20.2 Å². The number of aliphatic hydroxyl groups is 1. The smallest absolute Gasteiger partial charge is 0.255 e. The fourth-order valence-electron chi connectivity index (χ4n) is 3.93. The first-order valence-corrected chi connectivity index (χ1v) is 10.4. The number of hydrogen-bond acceptors (Lipinski definition) is 5. The number of pyridine rings is 1. The standard InChI is InChI=1S/C21H32N4O3/c1-15(2)18(14-26)23-19-6-5-17(12-22-19)21(28)24-10-7-16(8-11-24)13-25-9-3-4-20(25)27/h5-6,12,15-16,18,26H,3-4,7-11,13-14H2,1-2H3,(H,22,23)/t18-/m0/s1. The van der Waals surface area contributed by atoms with Crippen molar-refractivity contribution in [2.24, 2.45) is 11.8 Å². The fraction of sp³-hybridized carbons (Fsp3) is 0.667. The molecular weight excluding hydrogens is 356 g/mol. The predicted molar refractivity (Wildman–Crippen MR) is 108 cm³/mol. The van der Waals surface area contributed by atoms with Crippen LogP contribution in [0.2, 0.25) is 0 Å². The number of nitrogens with zero attached hydrogens (tertiary/aromatic N) is 3. The van der Waals surface area contributed by atoms with Crippen molar-refractivity contribution in [1.29, 1.82) is 0 Å². The maximum atomic E-state index is 12.8. The topological polar surface area (TPSA) is 85.8 Å². The molecular formula is C21H32N4O3. The summed E-state index contributed by atoms with van der Waals surface area (Å²) < 4.78 is 0. The van der Waals surface area contributed by atoms with E-state index in [1.807, 2.05) is 23.6 Å². The lowest BCUT2D eigenvalue weighted by atomic mass is 9.96. The molecule has 0 spiro atoms. The third kappa shape index (κ3) is 5.01. The molecule has 7 nitrogen and oxygen atoms in total. The van der Waals surface area contributed by atoms with Gasteiger partial charge in [-0.2, -0.15) is 0 Å². The minimum atomic E-state index is -0.0597. The van der Waals surface area contributed by atoms with Gasteiger partial charge in [-0.15, -0.1) is 0 Å². The zero-order chi connectivity index (χ0) is 20.1. The SMILES string of the molecule is CC(C)[C@H](CO)Nc1ccc(C(=O)N2CCC(CN3CCCC3=O)CC2)cn1. The number of hydrogen-bond donors (Lipinski definition) is 2. The van der Waals surface area contributed by atoms with Crippen molar-refractivity contribution >= 4 is 17.6 Å². The summed E-state index contributed by atoms with van der Waals surface area (Å²) in [5.41, 5.74) is 0.587.